The second-order valence-electron chi connectivity index (χ2n) is 6.71. The van der Waals surface area contributed by atoms with Crippen LogP contribution in [0.3, 0.4) is 0 Å². The first-order valence-corrected chi connectivity index (χ1v) is 9.18. The number of para-hydroxylation sites is 1. The number of benzene rings is 2. The Bertz CT molecular complexity index is 1260. The summed E-state index contributed by atoms with van der Waals surface area (Å²) in [4.78, 5) is 17.3. The summed E-state index contributed by atoms with van der Waals surface area (Å²) in [6.07, 6.45) is 0. The predicted molar refractivity (Wildman–Crippen MR) is 113 cm³/mol. The molecule has 0 aliphatic carbocycles. The Morgan fingerprint density at radius 2 is 1.73 bits per heavy atom. The standard InChI is InChI=1S/C21H21N5O4/c1-11-7-6-8-13-16-19(26(2)17(11)13)22-21(25-24-16)23-20(27)12-9-14(28-3)18(30-5)15(10-12)29-4/h6-10H,1-5H3,(H,22,23,25,27). The molecule has 0 fully saturated rings. The number of aryl methyl sites for hydroxylation is 2. The van der Waals surface area contributed by atoms with E-state index in [0.29, 0.717) is 34.0 Å². The number of rotatable bonds is 5. The number of hydrogen-bond donors (Lipinski definition) is 1. The van der Waals surface area contributed by atoms with E-state index >= 15 is 0 Å². The second kappa shape index (κ2) is 7.51. The zero-order chi connectivity index (χ0) is 21.4. The van der Waals surface area contributed by atoms with Gasteiger partial charge in [-0.15, -0.1) is 10.2 Å². The van der Waals surface area contributed by atoms with Crippen LogP contribution < -0.4 is 19.5 Å². The number of amides is 1. The van der Waals surface area contributed by atoms with Gasteiger partial charge in [0.25, 0.3) is 11.9 Å². The summed E-state index contributed by atoms with van der Waals surface area (Å²) in [5.74, 6) is 0.832. The van der Waals surface area contributed by atoms with Crippen LogP contribution in [0.25, 0.3) is 22.1 Å². The Hall–Kier alpha value is -3.88. The largest absolute Gasteiger partial charge is 0.493 e. The number of nitrogens with one attached hydrogen (secondary N) is 1. The Kier molecular flexibility index (Phi) is 4.86. The van der Waals surface area contributed by atoms with Crippen LogP contribution >= 0.6 is 0 Å². The number of fused-ring (bicyclic) bond motifs is 3. The third kappa shape index (κ3) is 3.04. The molecule has 9 nitrogen and oxygen atoms in total. The molecular formula is C21H21N5O4. The second-order valence-corrected chi connectivity index (χ2v) is 6.71. The number of nitrogens with zero attached hydrogens (tertiary/aromatic N) is 4. The van der Waals surface area contributed by atoms with E-state index in [1.165, 1.54) is 21.3 Å². The average molecular weight is 407 g/mol. The topological polar surface area (TPSA) is 100 Å². The molecule has 2 aromatic carbocycles. The number of hydrogen-bond acceptors (Lipinski definition) is 7. The summed E-state index contributed by atoms with van der Waals surface area (Å²) in [7, 11) is 6.39. The normalized spacial score (nSPS) is 11.0. The van der Waals surface area contributed by atoms with Crippen molar-refractivity contribution in [2.24, 2.45) is 7.05 Å². The zero-order valence-corrected chi connectivity index (χ0v) is 17.3. The summed E-state index contributed by atoms with van der Waals surface area (Å²) in [5.41, 5.74) is 3.76. The molecule has 1 N–H and O–H groups in total. The van der Waals surface area contributed by atoms with E-state index in [9.17, 15) is 4.79 Å². The van der Waals surface area contributed by atoms with Crippen LogP contribution in [-0.4, -0.2) is 47.0 Å². The van der Waals surface area contributed by atoms with Crippen molar-refractivity contribution in [3.8, 4) is 17.2 Å². The highest BCUT2D eigenvalue weighted by Crippen LogP contribution is 2.38. The molecule has 0 saturated carbocycles. The Morgan fingerprint density at radius 3 is 2.37 bits per heavy atom. The third-order valence-electron chi connectivity index (χ3n) is 4.97. The van der Waals surface area contributed by atoms with E-state index in [2.05, 4.69) is 20.5 Å². The lowest BCUT2D eigenvalue weighted by atomic mass is 10.1. The number of aromatic nitrogens is 4. The Morgan fingerprint density at radius 1 is 1.03 bits per heavy atom. The van der Waals surface area contributed by atoms with E-state index in [1.807, 2.05) is 36.7 Å². The van der Waals surface area contributed by atoms with Crippen molar-refractivity contribution in [3.63, 3.8) is 0 Å². The molecule has 0 aliphatic rings. The molecule has 4 aromatic rings. The van der Waals surface area contributed by atoms with Gasteiger partial charge in [0.05, 0.1) is 26.8 Å². The summed E-state index contributed by atoms with van der Waals surface area (Å²) in [6.45, 7) is 2.03. The number of methoxy groups -OCH3 is 3. The maximum absolute atomic E-state index is 12.8. The molecule has 154 valence electrons. The zero-order valence-electron chi connectivity index (χ0n) is 17.3. The van der Waals surface area contributed by atoms with Gasteiger partial charge < -0.3 is 18.8 Å². The molecule has 2 aromatic heterocycles. The lowest BCUT2D eigenvalue weighted by molar-refractivity contribution is 0.102. The van der Waals surface area contributed by atoms with Crippen LogP contribution in [0.4, 0.5) is 5.95 Å². The van der Waals surface area contributed by atoms with Gasteiger partial charge in [0.15, 0.2) is 17.1 Å². The van der Waals surface area contributed by atoms with Gasteiger partial charge in [-0.3, -0.25) is 10.1 Å². The van der Waals surface area contributed by atoms with Gasteiger partial charge in [0.2, 0.25) is 5.75 Å². The van der Waals surface area contributed by atoms with Crippen LogP contribution in [0.5, 0.6) is 17.2 Å². The molecule has 0 atom stereocenters. The molecule has 0 spiro atoms. The quantitative estimate of drug-likeness (QED) is 0.542. The smallest absolute Gasteiger partial charge is 0.258 e. The maximum atomic E-state index is 12.8. The number of carbonyl (C=O) groups excluding carboxylic acids is 1. The first kappa shape index (κ1) is 19.4. The van der Waals surface area contributed by atoms with E-state index in [1.54, 1.807) is 12.1 Å². The molecule has 0 radical (unpaired) electrons. The molecule has 0 aliphatic heterocycles. The van der Waals surface area contributed by atoms with E-state index in [0.717, 1.165) is 16.5 Å². The van der Waals surface area contributed by atoms with Gasteiger partial charge in [-0.2, -0.15) is 4.98 Å². The molecule has 1 amide bonds. The molecule has 0 unspecified atom stereocenters. The molecule has 9 heteroatoms. The molecular weight excluding hydrogens is 386 g/mol. The predicted octanol–water partition coefficient (Wildman–Crippen LogP) is 3.10. The van der Waals surface area contributed by atoms with Crippen molar-refractivity contribution in [2.75, 3.05) is 26.6 Å². The van der Waals surface area contributed by atoms with Crippen LogP contribution in [0.2, 0.25) is 0 Å². The van der Waals surface area contributed by atoms with E-state index in [-0.39, 0.29) is 5.95 Å². The summed E-state index contributed by atoms with van der Waals surface area (Å²) >= 11 is 0. The van der Waals surface area contributed by atoms with Gasteiger partial charge in [-0.25, -0.2) is 0 Å². The maximum Gasteiger partial charge on any atom is 0.258 e. The molecule has 2 heterocycles. The number of anilines is 1. The highest BCUT2D eigenvalue weighted by Gasteiger charge is 2.19. The minimum Gasteiger partial charge on any atom is -0.493 e. The highest BCUT2D eigenvalue weighted by molar-refractivity contribution is 6.07. The monoisotopic (exact) mass is 407 g/mol. The van der Waals surface area contributed by atoms with Crippen molar-refractivity contribution in [2.45, 2.75) is 6.92 Å². The van der Waals surface area contributed by atoms with Gasteiger partial charge in [-0.1, -0.05) is 18.2 Å². The number of ether oxygens (including phenoxy) is 3. The van der Waals surface area contributed by atoms with Crippen LogP contribution in [0.15, 0.2) is 30.3 Å². The van der Waals surface area contributed by atoms with Crippen LogP contribution in [0, 0.1) is 6.92 Å². The average Bonchev–Trinajstić information content (AvgIpc) is 3.05. The first-order valence-electron chi connectivity index (χ1n) is 9.18. The van der Waals surface area contributed by atoms with Gasteiger partial charge in [-0.05, 0) is 24.6 Å². The van der Waals surface area contributed by atoms with E-state index in [4.69, 9.17) is 14.2 Å². The Labute approximate surface area is 172 Å². The molecule has 0 saturated heterocycles. The highest BCUT2D eigenvalue weighted by atomic mass is 16.5. The molecule has 30 heavy (non-hydrogen) atoms. The first-order chi connectivity index (χ1) is 14.5. The van der Waals surface area contributed by atoms with Gasteiger partial charge in [0.1, 0.15) is 5.52 Å². The van der Waals surface area contributed by atoms with Crippen molar-refractivity contribution in [3.05, 3.63) is 41.5 Å². The summed E-state index contributed by atoms with van der Waals surface area (Å²) in [6, 6.07) is 9.10. The fourth-order valence-corrected chi connectivity index (χ4v) is 3.57. The minimum atomic E-state index is -0.426. The fraction of sp³-hybridized carbons (Fsp3) is 0.238. The van der Waals surface area contributed by atoms with Crippen LogP contribution in [0.1, 0.15) is 15.9 Å². The van der Waals surface area contributed by atoms with Gasteiger partial charge >= 0.3 is 0 Å². The lowest BCUT2D eigenvalue weighted by Gasteiger charge is -2.13. The fourth-order valence-electron chi connectivity index (χ4n) is 3.57. The van der Waals surface area contributed by atoms with Crippen molar-refractivity contribution in [1.29, 1.82) is 0 Å². The van der Waals surface area contributed by atoms with Crippen molar-refractivity contribution in [1.82, 2.24) is 19.7 Å². The van der Waals surface area contributed by atoms with Crippen molar-refractivity contribution < 1.29 is 19.0 Å². The van der Waals surface area contributed by atoms with Crippen LogP contribution in [-0.2, 0) is 7.05 Å². The van der Waals surface area contributed by atoms with Gasteiger partial charge in [0, 0.05) is 18.0 Å². The number of carbonyl (C=O) groups is 1. The molecule has 0 bridgehead atoms. The lowest BCUT2D eigenvalue weighted by Crippen LogP contribution is -2.15. The minimum absolute atomic E-state index is 0.102. The third-order valence-corrected chi connectivity index (χ3v) is 4.97. The van der Waals surface area contributed by atoms with Crippen molar-refractivity contribution >= 4 is 33.9 Å². The SMILES string of the molecule is COc1cc(C(=O)Nc2nnc3c4cccc(C)c4n(C)c3n2)cc(OC)c1OC. The molecule has 4 rings (SSSR count). The summed E-state index contributed by atoms with van der Waals surface area (Å²) < 4.78 is 17.9. The van der Waals surface area contributed by atoms with E-state index < -0.39 is 5.91 Å². The summed E-state index contributed by atoms with van der Waals surface area (Å²) in [5, 5.41) is 12.0. The Balaban J connectivity index is 1.72.